The van der Waals surface area contributed by atoms with Crippen LogP contribution in [0.3, 0.4) is 0 Å². The zero-order valence-corrected chi connectivity index (χ0v) is 12.9. The standard InChI is InChI=1S/C17H18ClFN2/c1-21(2)17-13(18)6-4-8-16(17)20-15-10-9-11-12(15)5-3-7-14(11)19/h3-8,15,20H,9-10H2,1-2H3. The van der Waals surface area contributed by atoms with Crippen LogP contribution in [0.2, 0.25) is 5.02 Å². The molecule has 2 nitrogen and oxygen atoms in total. The Kier molecular flexibility index (Phi) is 3.77. The normalized spacial score (nSPS) is 16.7. The molecule has 1 aliphatic rings. The number of benzene rings is 2. The van der Waals surface area contributed by atoms with Crippen molar-refractivity contribution < 1.29 is 4.39 Å². The van der Waals surface area contributed by atoms with Crippen LogP contribution in [0, 0.1) is 5.82 Å². The van der Waals surface area contributed by atoms with Crippen LogP contribution in [0.1, 0.15) is 23.6 Å². The Bertz CT molecular complexity index is 670. The van der Waals surface area contributed by atoms with Crippen LogP contribution >= 0.6 is 11.6 Å². The first-order chi connectivity index (χ1) is 10.1. The maximum atomic E-state index is 13.8. The molecule has 110 valence electrons. The van der Waals surface area contributed by atoms with Gasteiger partial charge in [-0.15, -0.1) is 0 Å². The number of rotatable bonds is 3. The molecule has 2 aromatic rings. The number of fused-ring (bicyclic) bond motifs is 1. The van der Waals surface area contributed by atoms with Crippen LogP contribution in [-0.4, -0.2) is 14.1 Å². The minimum atomic E-state index is -0.101. The van der Waals surface area contributed by atoms with Crippen LogP contribution in [-0.2, 0) is 6.42 Å². The molecular formula is C17H18ClFN2. The van der Waals surface area contributed by atoms with Crippen molar-refractivity contribution in [1.29, 1.82) is 0 Å². The number of para-hydroxylation sites is 1. The highest BCUT2D eigenvalue weighted by Gasteiger charge is 2.25. The minimum Gasteiger partial charge on any atom is -0.376 e. The topological polar surface area (TPSA) is 15.3 Å². The SMILES string of the molecule is CN(C)c1c(Cl)cccc1NC1CCc2c(F)cccc21. The van der Waals surface area contributed by atoms with Crippen LogP contribution in [0.5, 0.6) is 0 Å². The molecule has 0 radical (unpaired) electrons. The smallest absolute Gasteiger partial charge is 0.126 e. The van der Waals surface area contributed by atoms with E-state index in [1.807, 2.05) is 43.3 Å². The lowest BCUT2D eigenvalue weighted by molar-refractivity contribution is 0.612. The molecule has 2 aromatic carbocycles. The quantitative estimate of drug-likeness (QED) is 0.888. The molecule has 0 saturated heterocycles. The molecule has 0 saturated carbocycles. The largest absolute Gasteiger partial charge is 0.376 e. The Morgan fingerprint density at radius 2 is 1.95 bits per heavy atom. The van der Waals surface area contributed by atoms with E-state index < -0.39 is 0 Å². The van der Waals surface area contributed by atoms with E-state index in [9.17, 15) is 4.39 Å². The van der Waals surface area contributed by atoms with Gasteiger partial charge in [-0.3, -0.25) is 0 Å². The number of hydrogen-bond acceptors (Lipinski definition) is 2. The van der Waals surface area contributed by atoms with Gasteiger partial charge in [-0.1, -0.05) is 29.8 Å². The van der Waals surface area contributed by atoms with Gasteiger partial charge in [0.1, 0.15) is 5.82 Å². The van der Waals surface area contributed by atoms with Gasteiger partial charge in [-0.25, -0.2) is 4.39 Å². The van der Waals surface area contributed by atoms with Gasteiger partial charge >= 0.3 is 0 Å². The fourth-order valence-electron chi connectivity index (χ4n) is 3.03. The number of nitrogens with one attached hydrogen (secondary N) is 1. The maximum Gasteiger partial charge on any atom is 0.126 e. The van der Waals surface area contributed by atoms with Gasteiger partial charge in [0.15, 0.2) is 0 Å². The zero-order valence-electron chi connectivity index (χ0n) is 12.2. The highest BCUT2D eigenvalue weighted by atomic mass is 35.5. The van der Waals surface area contributed by atoms with E-state index in [0.717, 1.165) is 35.3 Å². The number of nitrogens with zero attached hydrogens (tertiary/aromatic N) is 1. The molecule has 1 aliphatic carbocycles. The highest BCUT2D eigenvalue weighted by Crippen LogP contribution is 2.39. The van der Waals surface area contributed by atoms with E-state index >= 15 is 0 Å². The second kappa shape index (κ2) is 5.57. The summed E-state index contributed by atoms with van der Waals surface area (Å²) >= 11 is 6.29. The molecule has 3 rings (SSSR count). The van der Waals surface area contributed by atoms with Crippen molar-refractivity contribution in [2.45, 2.75) is 18.9 Å². The average Bonchev–Trinajstić information content (AvgIpc) is 2.83. The van der Waals surface area contributed by atoms with Crippen molar-refractivity contribution in [3.63, 3.8) is 0 Å². The van der Waals surface area contributed by atoms with Gasteiger partial charge in [-0.05, 0) is 42.2 Å². The summed E-state index contributed by atoms with van der Waals surface area (Å²) in [6.07, 6.45) is 1.67. The number of anilines is 2. The Morgan fingerprint density at radius 3 is 2.71 bits per heavy atom. The molecule has 0 fully saturated rings. The van der Waals surface area contributed by atoms with E-state index in [2.05, 4.69) is 5.32 Å². The molecular weight excluding hydrogens is 287 g/mol. The van der Waals surface area contributed by atoms with Gasteiger partial charge in [0.25, 0.3) is 0 Å². The maximum absolute atomic E-state index is 13.8. The predicted molar refractivity (Wildman–Crippen MR) is 86.9 cm³/mol. The van der Waals surface area contributed by atoms with E-state index in [0.29, 0.717) is 5.02 Å². The van der Waals surface area contributed by atoms with Crippen molar-refractivity contribution in [3.8, 4) is 0 Å². The lowest BCUT2D eigenvalue weighted by Crippen LogP contribution is -2.15. The van der Waals surface area contributed by atoms with Crippen LogP contribution in [0.4, 0.5) is 15.8 Å². The molecule has 4 heteroatoms. The third-order valence-electron chi connectivity index (χ3n) is 3.98. The van der Waals surface area contributed by atoms with Crippen molar-refractivity contribution in [1.82, 2.24) is 0 Å². The molecule has 1 atom stereocenters. The number of halogens is 2. The first kappa shape index (κ1) is 14.2. The zero-order chi connectivity index (χ0) is 15.0. The molecule has 1 unspecified atom stereocenters. The van der Waals surface area contributed by atoms with Gasteiger partial charge in [0.2, 0.25) is 0 Å². The Morgan fingerprint density at radius 1 is 1.19 bits per heavy atom. The molecule has 21 heavy (non-hydrogen) atoms. The first-order valence-electron chi connectivity index (χ1n) is 7.07. The monoisotopic (exact) mass is 304 g/mol. The summed E-state index contributed by atoms with van der Waals surface area (Å²) in [5, 5.41) is 4.23. The second-order valence-corrected chi connectivity index (χ2v) is 5.98. The molecule has 0 bridgehead atoms. The molecule has 0 amide bonds. The third kappa shape index (κ3) is 2.58. The molecule has 0 spiro atoms. The molecule has 0 aliphatic heterocycles. The van der Waals surface area contributed by atoms with Crippen molar-refractivity contribution in [2.75, 3.05) is 24.3 Å². The highest BCUT2D eigenvalue weighted by molar-refractivity contribution is 6.34. The molecule has 0 heterocycles. The Labute approximate surface area is 129 Å². The minimum absolute atomic E-state index is 0.101. The predicted octanol–water partition coefficient (Wildman–Crippen LogP) is 4.64. The lowest BCUT2D eigenvalue weighted by atomic mass is 10.1. The van der Waals surface area contributed by atoms with Crippen LogP contribution in [0.25, 0.3) is 0 Å². The molecule has 1 N–H and O–H groups in total. The first-order valence-corrected chi connectivity index (χ1v) is 7.45. The van der Waals surface area contributed by atoms with Gasteiger partial charge < -0.3 is 10.2 Å². The third-order valence-corrected chi connectivity index (χ3v) is 4.28. The summed E-state index contributed by atoms with van der Waals surface area (Å²) in [7, 11) is 3.93. The molecule has 0 aromatic heterocycles. The Balaban J connectivity index is 1.94. The van der Waals surface area contributed by atoms with Gasteiger partial charge in [0.05, 0.1) is 22.4 Å². The fraction of sp³-hybridized carbons (Fsp3) is 0.294. The summed E-state index contributed by atoms with van der Waals surface area (Å²) in [6, 6.07) is 11.3. The second-order valence-electron chi connectivity index (χ2n) is 5.57. The number of hydrogen-bond donors (Lipinski definition) is 1. The van der Waals surface area contributed by atoms with E-state index in [1.54, 1.807) is 6.07 Å². The van der Waals surface area contributed by atoms with E-state index in [-0.39, 0.29) is 11.9 Å². The average molecular weight is 305 g/mol. The fourth-order valence-corrected chi connectivity index (χ4v) is 3.38. The Hall–Kier alpha value is -1.74. The van der Waals surface area contributed by atoms with Gasteiger partial charge in [-0.2, -0.15) is 0 Å². The van der Waals surface area contributed by atoms with Crippen molar-refractivity contribution >= 4 is 23.0 Å². The van der Waals surface area contributed by atoms with Crippen molar-refractivity contribution in [3.05, 3.63) is 58.4 Å². The summed E-state index contributed by atoms with van der Waals surface area (Å²) < 4.78 is 13.8. The van der Waals surface area contributed by atoms with E-state index in [4.69, 9.17) is 11.6 Å². The van der Waals surface area contributed by atoms with Crippen molar-refractivity contribution in [2.24, 2.45) is 0 Å². The summed E-state index contributed by atoms with van der Waals surface area (Å²) in [6.45, 7) is 0. The summed E-state index contributed by atoms with van der Waals surface area (Å²) in [5.41, 5.74) is 3.83. The lowest BCUT2D eigenvalue weighted by Gasteiger charge is -2.23. The van der Waals surface area contributed by atoms with Crippen LogP contribution in [0.15, 0.2) is 36.4 Å². The van der Waals surface area contributed by atoms with Crippen LogP contribution < -0.4 is 10.2 Å². The van der Waals surface area contributed by atoms with E-state index in [1.165, 1.54) is 6.07 Å². The summed E-state index contributed by atoms with van der Waals surface area (Å²) in [5.74, 6) is -0.101. The summed E-state index contributed by atoms with van der Waals surface area (Å²) in [4.78, 5) is 1.99. The van der Waals surface area contributed by atoms with Gasteiger partial charge in [0, 0.05) is 14.1 Å².